The molecule has 1 aromatic carbocycles. The summed E-state index contributed by atoms with van der Waals surface area (Å²) in [6, 6.07) is 10.0. The van der Waals surface area contributed by atoms with Crippen LogP contribution < -0.4 is 0 Å². The van der Waals surface area contributed by atoms with Gasteiger partial charge in [-0.25, -0.2) is 0 Å². The lowest BCUT2D eigenvalue weighted by Crippen LogP contribution is -2.50. The number of rotatable bonds is 3. The summed E-state index contributed by atoms with van der Waals surface area (Å²) < 4.78 is 0. The molecule has 0 aromatic heterocycles. The predicted octanol–water partition coefficient (Wildman–Crippen LogP) is 2.51. The molecule has 98 valence electrons. The van der Waals surface area contributed by atoms with Crippen molar-refractivity contribution in [2.75, 3.05) is 13.1 Å². The molecule has 0 saturated carbocycles. The fourth-order valence-corrected chi connectivity index (χ4v) is 2.84. The summed E-state index contributed by atoms with van der Waals surface area (Å²) in [5.74, 6) is -0.729. The lowest BCUT2D eigenvalue weighted by atomic mass is 9.75. The first kappa shape index (κ1) is 13.1. The number of carboxylic acid groups (broad SMARTS) is 1. The molecule has 1 heterocycles. The summed E-state index contributed by atoms with van der Waals surface area (Å²) in [5, 5.41) is 9.13. The van der Waals surface area contributed by atoms with Crippen molar-refractivity contribution in [3.63, 3.8) is 0 Å². The standard InChI is InChI=1S/C15H21NO2/c1-12(14(17)18)16-10-6-9-15(2,11-16)13-7-4-3-5-8-13/h3-5,7-8,12H,6,9-11H2,1-2H3,(H,17,18)/t12-,15-/m1/s1. The van der Waals surface area contributed by atoms with Gasteiger partial charge in [0.1, 0.15) is 6.04 Å². The van der Waals surface area contributed by atoms with Crippen molar-refractivity contribution >= 4 is 5.97 Å². The Hall–Kier alpha value is -1.35. The number of carboxylic acids is 1. The van der Waals surface area contributed by atoms with Gasteiger partial charge in [-0.3, -0.25) is 9.69 Å². The summed E-state index contributed by atoms with van der Waals surface area (Å²) in [7, 11) is 0. The van der Waals surface area contributed by atoms with Gasteiger partial charge in [-0.2, -0.15) is 0 Å². The monoisotopic (exact) mass is 247 g/mol. The summed E-state index contributed by atoms with van der Waals surface area (Å²) in [6.07, 6.45) is 2.18. The molecule has 3 heteroatoms. The predicted molar refractivity (Wildman–Crippen MR) is 71.7 cm³/mol. The minimum absolute atomic E-state index is 0.0726. The molecule has 0 radical (unpaired) electrons. The number of likely N-dealkylation sites (tertiary alicyclic amines) is 1. The number of hydrogen-bond donors (Lipinski definition) is 1. The third-order valence-electron chi connectivity index (χ3n) is 4.10. The van der Waals surface area contributed by atoms with Gasteiger partial charge in [-0.1, -0.05) is 37.3 Å². The van der Waals surface area contributed by atoms with Crippen molar-refractivity contribution in [2.45, 2.75) is 38.1 Å². The number of nitrogens with zero attached hydrogens (tertiary/aromatic N) is 1. The van der Waals surface area contributed by atoms with Crippen LogP contribution in [0.4, 0.5) is 0 Å². The van der Waals surface area contributed by atoms with Gasteiger partial charge in [-0.05, 0) is 31.9 Å². The number of hydrogen-bond acceptors (Lipinski definition) is 2. The lowest BCUT2D eigenvalue weighted by molar-refractivity contribution is -0.143. The third kappa shape index (κ3) is 2.56. The minimum Gasteiger partial charge on any atom is -0.480 e. The van der Waals surface area contributed by atoms with E-state index in [1.54, 1.807) is 6.92 Å². The maximum Gasteiger partial charge on any atom is 0.320 e. The van der Waals surface area contributed by atoms with E-state index >= 15 is 0 Å². The van der Waals surface area contributed by atoms with E-state index in [4.69, 9.17) is 5.11 Å². The van der Waals surface area contributed by atoms with E-state index < -0.39 is 12.0 Å². The van der Waals surface area contributed by atoms with E-state index in [-0.39, 0.29) is 5.41 Å². The van der Waals surface area contributed by atoms with E-state index in [0.717, 1.165) is 25.9 Å². The molecule has 0 bridgehead atoms. The molecular weight excluding hydrogens is 226 g/mol. The van der Waals surface area contributed by atoms with E-state index in [2.05, 4.69) is 36.1 Å². The van der Waals surface area contributed by atoms with Crippen molar-refractivity contribution < 1.29 is 9.90 Å². The Kier molecular flexibility index (Phi) is 3.71. The van der Waals surface area contributed by atoms with Crippen LogP contribution >= 0.6 is 0 Å². The van der Waals surface area contributed by atoms with Crippen molar-refractivity contribution in [1.29, 1.82) is 0 Å². The van der Waals surface area contributed by atoms with E-state index in [1.807, 2.05) is 6.07 Å². The van der Waals surface area contributed by atoms with E-state index in [0.29, 0.717) is 0 Å². The van der Waals surface area contributed by atoms with Crippen molar-refractivity contribution in [1.82, 2.24) is 4.90 Å². The molecule has 2 rings (SSSR count). The maximum absolute atomic E-state index is 11.1. The van der Waals surface area contributed by atoms with Gasteiger partial charge in [-0.15, -0.1) is 0 Å². The van der Waals surface area contributed by atoms with E-state index in [9.17, 15) is 4.79 Å². The Morgan fingerprint density at radius 1 is 1.39 bits per heavy atom. The molecule has 2 atom stereocenters. The van der Waals surface area contributed by atoms with Crippen LogP contribution in [0.15, 0.2) is 30.3 Å². The Labute approximate surface area is 108 Å². The number of piperidine rings is 1. The first-order chi connectivity index (χ1) is 8.53. The number of benzene rings is 1. The topological polar surface area (TPSA) is 40.5 Å². The van der Waals surface area contributed by atoms with Crippen LogP contribution in [0, 0.1) is 0 Å². The molecule has 1 aliphatic heterocycles. The van der Waals surface area contributed by atoms with Gasteiger partial charge in [0.15, 0.2) is 0 Å². The highest BCUT2D eigenvalue weighted by molar-refractivity contribution is 5.72. The fraction of sp³-hybridized carbons (Fsp3) is 0.533. The largest absolute Gasteiger partial charge is 0.480 e. The third-order valence-corrected chi connectivity index (χ3v) is 4.10. The molecule has 0 amide bonds. The molecular formula is C15H21NO2. The average Bonchev–Trinajstić information content (AvgIpc) is 2.39. The summed E-state index contributed by atoms with van der Waals surface area (Å²) >= 11 is 0. The van der Waals surface area contributed by atoms with Crippen LogP contribution in [-0.4, -0.2) is 35.1 Å². The SMILES string of the molecule is C[C@H](C(=O)O)N1CCC[C@@](C)(c2ccccc2)C1. The van der Waals surface area contributed by atoms with Gasteiger partial charge in [0, 0.05) is 12.0 Å². The molecule has 0 spiro atoms. The van der Waals surface area contributed by atoms with Crippen molar-refractivity contribution in [2.24, 2.45) is 0 Å². The van der Waals surface area contributed by atoms with Crippen LogP contribution in [-0.2, 0) is 10.2 Å². The van der Waals surface area contributed by atoms with Gasteiger partial charge in [0.25, 0.3) is 0 Å². The molecule has 1 fully saturated rings. The molecule has 1 N–H and O–H groups in total. The zero-order chi connectivity index (χ0) is 13.2. The van der Waals surface area contributed by atoms with Crippen LogP contribution in [0.2, 0.25) is 0 Å². The Morgan fingerprint density at radius 3 is 2.67 bits per heavy atom. The smallest absolute Gasteiger partial charge is 0.320 e. The zero-order valence-electron chi connectivity index (χ0n) is 11.1. The van der Waals surface area contributed by atoms with Gasteiger partial charge in [0.2, 0.25) is 0 Å². The Morgan fingerprint density at radius 2 is 2.06 bits per heavy atom. The molecule has 1 aromatic rings. The van der Waals surface area contributed by atoms with Gasteiger partial charge in [0.05, 0.1) is 0 Å². The van der Waals surface area contributed by atoms with Crippen LogP contribution in [0.1, 0.15) is 32.3 Å². The minimum atomic E-state index is -0.729. The van der Waals surface area contributed by atoms with Crippen LogP contribution in [0.3, 0.4) is 0 Å². The quantitative estimate of drug-likeness (QED) is 0.892. The fourth-order valence-electron chi connectivity index (χ4n) is 2.84. The second-order valence-electron chi connectivity index (χ2n) is 5.51. The lowest BCUT2D eigenvalue weighted by Gasteiger charge is -2.42. The normalized spacial score (nSPS) is 26.8. The Bertz CT molecular complexity index is 418. The average molecular weight is 247 g/mol. The molecule has 18 heavy (non-hydrogen) atoms. The maximum atomic E-state index is 11.1. The number of carbonyl (C=O) groups is 1. The highest BCUT2D eigenvalue weighted by Gasteiger charge is 2.35. The van der Waals surface area contributed by atoms with Crippen molar-refractivity contribution in [3.8, 4) is 0 Å². The summed E-state index contributed by atoms with van der Waals surface area (Å²) in [6.45, 7) is 5.72. The second-order valence-corrected chi connectivity index (χ2v) is 5.51. The number of aliphatic carboxylic acids is 1. The molecule has 1 aliphatic rings. The molecule has 0 aliphatic carbocycles. The summed E-state index contributed by atoms with van der Waals surface area (Å²) in [5.41, 5.74) is 1.38. The molecule has 3 nitrogen and oxygen atoms in total. The van der Waals surface area contributed by atoms with Crippen LogP contribution in [0.5, 0.6) is 0 Å². The highest BCUT2D eigenvalue weighted by atomic mass is 16.4. The van der Waals surface area contributed by atoms with Crippen LogP contribution in [0.25, 0.3) is 0 Å². The molecule has 1 saturated heterocycles. The molecule has 0 unspecified atom stereocenters. The zero-order valence-corrected chi connectivity index (χ0v) is 11.1. The second kappa shape index (κ2) is 5.11. The first-order valence-electron chi connectivity index (χ1n) is 6.55. The Balaban J connectivity index is 2.17. The van der Waals surface area contributed by atoms with Crippen molar-refractivity contribution in [3.05, 3.63) is 35.9 Å². The first-order valence-corrected chi connectivity index (χ1v) is 6.55. The highest BCUT2D eigenvalue weighted by Crippen LogP contribution is 2.34. The van der Waals surface area contributed by atoms with E-state index in [1.165, 1.54) is 5.56 Å². The van der Waals surface area contributed by atoms with Gasteiger partial charge >= 0.3 is 5.97 Å². The summed E-state index contributed by atoms with van der Waals surface area (Å²) in [4.78, 5) is 13.2. The van der Waals surface area contributed by atoms with Gasteiger partial charge < -0.3 is 5.11 Å².